The first-order chi connectivity index (χ1) is 9.19. The number of nitrogens with zero attached hydrogens (tertiary/aromatic N) is 3. The van der Waals surface area contributed by atoms with Crippen molar-refractivity contribution in [2.75, 3.05) is 0 Å². The topological polar surface area (TPSA) is 82.1 Å². The molecule has 19 heavy (non-hydrogen) atoms. The van der Waals surface area contributed by atoms with Crippen LogP contribution in [-0.2, 0) is 0 Å². The van der Waals surface area contributed by atoms with Gasteiger partial charge in [-0.05, 0) is 30.4 Å². The Morgan fingerprint density at radius 1 is 1.37 bits per heavy atom. The lowest BCUT2D eigenvalue weighted by Crippen LogP contribution is -2.30. The Bertz CT molecular complexity index is 656. The number of imidazole rings is 1. The van der Waals surface area contributed by atoms with Crippen molar-refractivity contribution in [3.63, 3.8) is 0 Å². The van der Waals surface area contributed by atoms with Gasteiger partial charge in [0.2, 0.25) is 0 Å². The standard InChI is InChI=1S/C13H12BN3O2/c15-6-10-5-11(14(18)19)3-4-13(10)17-7-12(16-8-17)9-1-2-9/h3-5,7-9,18-19H,1-2H2. The Labute approximate surface area is 110 Å². The molecule has 5 nitrogen and oxygen atoms in total. The molecule has 3 rings (SSSR count). The molecule has 94 valence electrons. The average molecular weight is 253 g/mol. The van der Waals surface area contributed by atoms with Crippen LogP contribution in [0.3, 0.4) is 0 Å². The number of hydrogen-bond acceptors (Lipinski definition) is 4. The lowest BCUT2D eigenvalue weighted by molar-refractivity contribution is 0.426. The zero-order chi connectivity index (χ0) is 13.4. The highest BCUT2D eigenvalue weighted by atomic mass is 16.4. The molecule has 0 unspecified atom stereocenters. The maximum Gasteiger partial charge on any atom is 0.488 e. The third-order valence-corrected chi connectivity index (χ3v) is 3.32. The molecule has 0 bridgehead atoms. The second-order valence-electron chi connectivity index (χ2n) is 4.74. The van der Waals surface area contributed by atoms with E-state index in [9.17, 15) is 0 Å². The van der Waals surface area contributed by atoms with Crippen molar-refractivity contribution in [2.24, 2.45) is 0 Å². The van der Waals surface area contributed by atoms with Gasteiger partial charge in [0.15, 0.2) is 0 Å². The van der Waals surface area contributed by atoms with E-state index in [0.29, 0.717) is 22.6 Å². The van der Waals surface area contributed by atoms with Gasteiger partial charge in [-0.3, -0.25) is 0 Å². The molecule has 0 atom stereocenters. The minimum absolute atomic E-state index is 0.308. The molecule has 1 aliphatic rings. The first-order valence-corrected chi connectivity index (χ1v) is 6.13. The normalized spacial score (nSPS) is 14.2. The van der Waals surface area contributed by atoms with Crippen molar-refractivity contribution in [3.8, 4) is 11.8 Å². The lowest BCUT2D eigenvalue weighted by atomic mass is 9.79. The predicted octanol–water partition coefficient (Wildman–Crippen LogP) is 0.301. The van der Waals surface area contributed by atoms with Gasteiger partial charge in [0.25, 0.3) is 0 Å². The van der Waals surface area contributed by atoms with Crippen LogP contribution >= 0.6 is 0 Å². The number of rotatable bonds is 3. The van der Waals surface area contributed by atoms with Crippen molar-refractivity contribution < 1.29 is 10.0 Å². The van der Waals surface area contributed by atoms with E-state index >= 15 is 0 Å². The lowest BCUT2D eigenvalue weighted by Gasteiger charge is -2.07. The molecule has 0 amide bonds. The fourth-order valence-corrected chi connectivity index (χ4v) is 2.09. The van der Waals surface area contributed by atoms with Crippen LogP contribution in [0.2, 0.25) is 0 Å². The van der Waals surface area contributed by atoms with Gasteiger partial charge in [-0.25, -0.2) is 4.98 Å². The van der Waals surface area contributed by atoms with Crippen LogP contribution < -0.4 is 5.46 Å². The van der Waals surface area contributed by atoms with Gasteiger partial charge in [0, 0.05) is 12.1 Å². The van der Waals surface area contributed by atoms with Crippen LogP contribution in [0.15, 0.2) is 30.7 Å². The first kappa shape index (κ1) is 12.0. The van der Waals surface area contributed by atoms with Crippen LogP contribution in [0, 0.1) is 11.3 Å². The van der Waals surface area contributed by atoms with Crippen LogP contribution in [0.1, 0.15) is 30.0 Å². The predicted molar refractivity (Wildman–Crippen MR) is 70.1 cm³/mol. The Balaban J connectivity index is 2.01. The summed E-state index contributed by atoms with van der Waals surface area (Å²) in [7, 11) is -1.56. The van der Waals surface area contributed by atoms with Crippen LogP contribution in [0.25, 0.3) is 5.69 Å². The Hall–Kier alpha value is -2.10. The van der Waals surface area contributed by atoms with E-state index in [1.165, 1.54) is 18.9 Å². The molecule has 0 radical (unpaired) electrons. The maximum atomic E-state index is 9.17. The van der Waals surface area contributed by atoms with E-state index in [1.807, 2.05) is 6.20 Å². The van der Waals surface area contributed by atoms with Crippen molar-refractivity contribution in [1.29, 1.82) is 5.26 Å². The number of aromatic nitrogens is 2. The molecule has 1 aliphatic carbocycles. The molecule has 1 fully saturated rings. The minimum Gasteiger partial charge on any atom is -0.423 e. The fraction of sp³-hybridized carbons (Fsp3) is 0.231. The Morgan fingerprint density at radius 2 is 2.16 bits per heavy atom. The van der Waals surface area contributed by atoms with Crippen LogP contribution in [0.4, 0.5) is 0 Å². The van der Waals surface area contributed by atoms with E-state index in [0.717, 1.165) is 5.69 Å². The molecule has 2 N–H and O–H groups in total. The number of hydrogen-bond donors (Lipinski definition) is 2. The summed E-state index contributed by atoms with van der Waals surface area (Å²) in [5.41, 5.74) is 2.45. The highest BCUT2D eigenvalue weighted by molar-refractivity contribution is 6.58. The summed E-state index contributed by atoms with van der Waals surface area (Å²) in [6.45, 7) is 0. The Kier molecular flexibility index (Phi) is 2.86. The smallest absolute Gasteiger partial charge is 0.423 e. The molecule has 2 aromatic rings. The van der Waals surface area contributed by atoms with E-state index in [-0.39, 0.29) is 0 Å². The monoisotopic (exact) mass is 253 g/mol. The highest BCUT2D eigenvalue weighted by Gasteiger charge is 2.26. The molecule has 1 aromatic carbocycles. The summed E-state index contributed by atoms with van der Waals surface area (Å²) in [5, 5.41) is 27.4. The SMILES string of the molecule is N#Cc1cc(B(O)O)ccc1-n1cnc(C2CC2)c1. The van der Waals surface area contributed by atoms with Crippen molar-refractivity contribution in [1.82, 2.24) is 9.55 Å². The van der Waals surface area contributed by atoms with E-state index in [4.69, 9.17) is 15.3 Å². The second-order valence-corrected chi connectivity index (χ2v) is 4.74. The second kappa shape index (κ2) is 4.54. The van der Waals surface area contributed by atoms with Gasteiger partial charge in [-0.2, -0.15) is 5.26 Å². The molecule has 1 heterocycles. The van der Waals surface area contributed by atoms with Gasteiger partial charge < -0.3 is 14.6 Å². The van der Waals surface area contributed by atoms with E-state index < -0.39 is 7.12 Å². The van der Waals surface area contributed by atoms with Crippen LogP contribution in [-0.4, -0.2) is 26.7 Å². The molecule has 0 spiro atoms. The average Bonchev–Trinajstić information content (AvgIpc) is 3.16. The molecular formula is C13H12BN3O2. The van der Waals surface area contributed by atoms with E-state index in [2.05, 4.69) is 11.1 Å². The Morgan fingerprint density at radius 3 is 2.79 bits per heavy atom. The van der Waals surface area contributed by atoms with Crippen molar-refractivity contribution >= 4 is 12.6 Å². The van der Waals surface area contributed by atoms with Gasteiger partial charge in [0.1, 0.15) is 6.07 Å². The van der Waals surface area contributed by atoms with Gasteiger partial charge in [0.05, 0.1) is 23.3 Å². The molecular weight excluding hydrogens is 241 g/mol. The van der Waals surface area contributed by atoms with Crippen molar-refractivity contribution in [2.45, 2.75) is 18.8 Å². The zero-order valence-corrected chi connectivity index (χ0v) is 10.2. The summed E-state index contributed by atoms with van der Waals surface area (Å²) in [5.74, 6) is 0.560. The van der Waals surface area contributed by atoms with E-state index in [1.54, 1.807) is 23.0 Å². The largest absolute Gasteiger partial charge is 0.488 e. The van der Waals surface area contributed by atoms with Gasteiger partial charge >= 0.3 is 7.12 Å². The summed E-state index contributed by atoms with van der Waals surface area (Å²) in [4.78, 5) is 4.34. The van der Waals surface area contributed by atoms with Gasteiger partial charge in [-0.1, -0.05) is 6.07 Å². The van der Waals surface area contributed by atoms with Gasteiger partial charge in [-0.15, -0.1) is 0 Å². The molecule has 6 heteroatoms. The molecule has 1 aromatic heterocycles. The third-order valence-electron chi connectivity index (χ3n) is 3.32. The minimum atomic E-state index is -1.56. The fourth-order valence-electron chi connectivity index (χ4n) is 2.09. The zero-order valence-electron chi connectivity index (χ0n) is 10.2. The summed E-state index contributed by atoms with van der Waals surface area (Å²) >= 11 is 0. The summed E-state index contributed by atoms with van der Waals surface area (Å²) < 4.78 is 1.81. The molecule has 0 aliphatic heterocycles. The number of nitriles is 1. The quantitative estimate of drug-likeness (QED) is 0.771. The first-order valence-electron chi connectivity index (χ1n) is 6.13. The third kappa shape index (κ3) is 2.26. The van der Waals surface area contributed by atoms with Crippen molar-refractivity contribution in [3.05, 3.63) is 42.0 Å². The maximum absolute atomic E-state index is 9.17. The van der Waals surface area contributed by atoms with Crippen LogP contribution in [0.5, 0.6) is 0 Å². The summed E-state index contributed by atoms with van der Waals surface area (Å²) in [6, 6.07) is 6.85. The molecule has 0 saturated heterocycles. The molecule has 1 saturated carbocycles. The number of benzene rings is 1. The summed E-state index contributed by atoms with van der Waals surface area (Å²) in [6.07, 6.45) is 5.98. The highest BCUT2D eigenvalue weighted by Crippen LogP contribution is 2.39.